The number of hydrogen-bond donors (Lipinski definition) is 1. The Kier molecular flexibility index (Phi) is 3.39. The van der Waals surface area contributed by atoms with Gasteiger partial charge in [-0.05, 0) is 36.2 Å². The number of nitrogens with two attached hydrogens (primary N) is 1. The largest absolute Gasteiger partial charge is 0.322 e. The maximum atomic E-state index is 12.9. The number of hydrogen-bond acceptors (Lipinski definition) is 3. The summed E-state index contributed by atoms with van der Waals surface area (Å²) in [6, 6.07) is 12.7. The fraction of sp³-hybridized carbons (Fsp3) is 0.125. The predicted octanol–water partition coefficient (Wildman–Crippen LogP) is 3.01. The van der Waals surface area contributed by atoms with Crippen LogP contribution in [0.2, 0.25) is 0 Å². The van der Waals surface area contributed by atoms with Gasteiger partial charge in [0.2, 0.25) is 0 Å². The second-order valence-electron chi connectivity index (χ2n) is 4.70. The molecule has 2 aromatic heterocycles. The molecule has 3 aromatic rings. The van der Waals surface area contributed by atoms with E-state index < -0.39 is 0 Å². The number of benzene rings is 1. The van der Waals surface area contributed by atoms with Crippen LogP contribution in [0.1, 0.15) is 17.3 Å². The van der Waals surface area contributed by atoms with Gasteiger partial charge in [0.05, 0.1) is 23.4 Å². The van der Waals surface area contributed by atoms with Crippen molar-refractivity contribution in [3.8, 4) is 0 Å². The smallest absolute Gasteiger partial charge is 0.141 e. The molecule has 3 rings (SSSR count). The van der Waals surface area contributed by atoms with Crippen molar-refractivity contribution in [2.75, 3.05) is 0 Å². The van der Waals surface area contributed by atoms with E-state index in [0.29, 0.717) is 12.1 Å². The van der Waals surface area contributed by atoms with E-state index in [0.717, 1.165) is 16.5 Å². The molecular formula is C16H14FN3. The molecule has 100 valence electrons. The molecule has 0 aliphatic carbocycles. The molecule has 0 amide bonds. The van der Waals surface area contributed by atoms with Crippen LogP contribution >= 0.6 is 0 Å². The van der Waals surface area contributed by atoms with E-state index in [-0.39, 0.29) is 11.9 Å². The molecule has 2 heterocycles. The Hall–Kier alpha value is -2.33. The summed E-state index contributed by atoms with van der Waals surface area (Å²) >= 11 is 0. The van der Waals surface area contributed by atoms with Crippen LogP contribution in [0.4, 0.5) is 4.39 Å². The number of halogens is 1. The fourth-order valence-electron chi connectivity index (χ4n) is 2.28. The van der Waals surface area contributed by atoms with Gasteiger partial charge < -0.3 is 5.73 Å². The molecule has 0 saturated heterocycles. The SMILES string of the molecule is NC(Cc1ccnc2ccccc12)c1ccc(F)cn1. The molecule has 0 aliphatic heterocycles. The normalized spacial score (nSPS) is 12.5. The fourth-order valence-corrected chi connectivity index (χ4v) is 2.28. The third kappa shape index (κ3) is 2.51. The molecule has 1 unspecified atom stereocenters. The van der Waals surface area contributed by atoms with Crippen LogP contribution in [-0.4, -0.2) is 9.97 Å². The molecule has 0 saturated carbocycles. The summed E-state index contributed by atoms with van der Waals surface area (Å²) in [5, 5.41) is 1.09. The van der Waals surface area contributed by atoms with Crippen molar-refractivity contribution in [1.82, 2.24) is 9.97 Å². The van der Waals surface area contributed by atoms with Gasteiger partial charge in [-0.3, -0.25) is 9.97 Å². The molecule has 4 heteroatoms. The number of pyridine rings is 2. The van der Waals surface area contributed by atoms with E-state index in [4.69, 9.17) is 5.73 Å². The summed E-state index contributed by atoms with van der Waals surface area (Å²) in [5.74, 6) is -0.352. The summed E-state index contributed by atoms with van der Waals surface area (Å²) in [4.78, 5) is 8.37. The Balaban J connectivity index is 1.91. The summed E-state index contributed by atoms with van der Waals surface area (Å²) in [6.45, 7) is 0. The number of aromatic nitrogens is 2. The lowest BCUT2D eigenvalue weighted by Crippen LogP contribution is -2.15. The molecular weight excluding hydrogens is 253 g/mol. The van der Waals surface area contributed by atoms with Crippen LogP contribution < -0.4 is 5.73 Å². The minimum atomic E-state index is -0.352. The predicted molar refractivity (Wildman–Crippen MR) is 76.6 cm³/mol. The van der Waals surface area contributed by atoms with Crippen LogP contribution in [0.15, 0.2) is 54.9 Å². The summed E-state index contributed by atoms with van der Waals surface area (Å²) in [7, 11) is 0. The number of rotatable bonds is 3. The highest BCUT2D eigenvalue weighted by molar-refractivity contribution is 5.81. The molecule has 1 aromatic carbocycles. The number of nitrogens with zero attached hydrogens (tertiary/aromatic N) is 2. The van der Waals surface area contributed by atoms with Crippen molar-refractivity contribution in [3.05, 3.63) is 71.9 Å². The van der Waals surface area contributed by atoms with Gasteiger partial charge in [0.15, 0.2) is 0 Å². The standard InChI is InChI=1S/C16H14FN3/c17-12-5-6-16(20-10-12)14(18)9-11-7-8-19-15-4-2-1-3-13(11)15/h1-8,10,14H,9,18H2. The van der Waals surface area contributed by atoms with Crippen LogP contribution in [0.3, 0.4) is 0 Å². The zero-order chi connectivity index (χ0) is 13.9. The van der Waals surface area contributed by atoms with Crippen LogP contribution in [0.5, 0.6) is 0 Å². The van der Waals surface area contributed by atoms with Crippen molar-refractivity contribution in [1.29, 1.82) is 0 Å². The average Bonchev–Trinajstić information content (AvgIpc) is 2.48. The number of fused-ring (bicyclic) bond motifs is 1. The highest BCUT2D eigenvalue weighted by atomic mass is 19.1. The van der Waals surface area contributed by atoms with Gasteiger partial charge in [-0.25, -0.2) is 4.39 Å². The van der Waals surface area contributed by atoms with Crippen molar-refractivity contribution >= 4 is 10.9 Å². The third-order valence-electron chi connectivity index (χ3n) is 3.31. The summed E-state index contributed by atoms with van der Waals surface area (Å²) in [6.07, 6.45) is 3.62. The highest BCUT2D eigenvalue weighted by Crippen LogP contribution is 2.21. The molecule has 0 spiro atoms. The number of para-hydroxylation sites is 1. The molecule has 3 nitrogen and oxygen atoms in total. The monoisotopic (exact) mass is 267 g/mol. The van der Waals surface area contributed by atoms with Crippen molar-refractivity contribution in [2.45, 2.75) is 12.5 Å². The minimum Gasteiger partial charge on any atom is -0.322 e. The molecule has 0 radical (unpaired) electrons. The second kappa shape index (κ2) is 5.35. The van der Waals surface area contributed by atoms with E-state index in [9.17, 15) is 4.39 Å². The van der Waals surface area contributed by atoms with E-state index in [1.54, 1.807) is 12.3 Å². The summed E-state index contributed by atoms with van der Waals surface area (Å²) in [5.41, 5.74) is 8.92. The lowest BCUT2D eigenvalue weighted by molar-refractivity contribution is 0.612. The lowest BCUT2D eigenvalue weighted by atomic mass is 10.0. The van der Waals surface area contributed by atoms with Gasteiger partial charge in [0.25, 0.3) is 0 Å². The Morgan fingerprint density at radius 2 is 1.90 bits per heavy atom. The zero-order valence-corrected chi connectivity index (χ0v) is 10.8. The first-order chi connectivity index (χ1) is 9.74. The topological polar surface area (TPSA) is 51.8 Å². The minimum absolute atomic E-state index is 0.263. The van der Waals surface area contributed by atoms with E-state index >= 15 is 0 Å². The van der Waals surface area contributed by atoms with Gasteiger partial charge in [0.1, 0.15) is 5.82 Å². The Morgan fingerprint density at radius 1 is 1.05 bits per heavy atom. The molecule has 20 heavy (non-hydrogen) atoms. The quantitative estimate of drug-likeness (QED) is 0.793. The Morgan fingerprint density at radius 3 is 2.70 bits per heavy atom. The maximum absolute atomic E-state index is 12.9. The van der Waals surface area contributed by atoms with E-state index in [2.05, 4.69) is 9.97 Å². The molecule has 0 fully saturated rings. The lowest BCUT2D eigenvalue weighted by Gasteiger charge is -2.12. The second-order valence-corrected chi connectivity index (χ2v) is 4.70. The van der Waals surface area contributed by atoms with Gasteiger partial charge in [-0.1, -0.05) is 18.2 Å². The first kappa shape index (κ1) is 12.7. The molecule has 2 N–H and O–H groups in total. The van der Waals surface area contributed by atoms with Crippen molar-refractivity contribution in [2.24, 2.45) is 5.73 Å². The molecule has 0 aliphatic rings. The van der Waals surface area contributed by atoms with Crippen molar-refractivity contribution < 1.29 is 4.39 Å². The van der Waals surface area contributed by atoms with Crippen LogP contribution in [-0.2, 0) is 6.42 Å². The average molecular weight is 267 g/mol. The van der Waals surface area contributed by atoms with Gasteiger partial charge >= 0.3 is 0 Å². The Labute approximate surface area is 116 Å². The van der Waals surface area contributed by atoms with E-state index in [1.165, 1.54) is 12.3 Å². The first-order valence-electron chi connectivity index (χ1n) is 6.44. The van der Waals surface area contributed by atoms with Gasteiger partial charge in [-0.2, -0.15) is 0 Å². The third-order valence-corrected chi connectivity index (χ3v) is 3.31. The van der Waals surface area contributed by atoms with Gasteiger partial charge in [0, 0.05) is 11.6 Å². The Bertz CT molecular complexity index is 720. The molecule has 1 atom stereocenters. The van der Waals surface area contributed by atoms with Gasteiger partial charge in [-0.15, -0.1) is 0 Å². The highest BCUT2D eigenvalue weighted by Gasteiger charge is 2.11. The zero-order valence-electron chi connectivity index (χ0n) is 10.8. The van der Waals surface area contributed by atoms with E-state index in [1.807, 2.05) is 30.3 Å². The van der Waals surface area contributed by atoms with Crippen LogP contribution in [0.25, 0.3) is 10.9 Å². The molecule has 0 bridgehead atoms. The summed E-state index contributed by atoms with van der Waals surface area (Å²) < 4.78 is 12.9. The maximum Gasteiger partial charge on any atom is 0.141 e. The van der Waals surface area contributed by atoms with Crippen LogP contribution in [0, 0.1) is 5.82 Å². The van der Waals surface area contributed by atoms with Crippen molar-refractivity contribution in [3.63, 3.8) is 0 Å². The first-order valence-corrected chi connectivity index (χ1v) is 6.44.